The Morgan fingerprint density at radius 3 is 2.56 bits per heavy atom. The standard InChI is InChI=1S/C31H35F3N8O2S/c32-31(33,34)24-16-45-28(37-24)29(44)40-11-6-21(7-12-40)41-17-30(18-41,8-9-35)42-13-4-19(5-14-42)23-15-25(39-27(43)20-1-2-20)38-26-22(23)3-10-36-26/h4,15-16,20-21H,1-3,5-8,10-14,17-18H2,(H2,36,38,39,43). The number of carbonyl (C=O) groups excluding carboxylic acids is 2. The normalized spacial score (nSPS) is 22.2. The van der Waals surface area contributed by atoms with Gasteiger partial charge in [0.1, 0.15) is 11.6 Å². The molecule has 4 aliphatic heterocycles. The van der Waals surface area contributed by atoms with Crippen LogP contribution in [0, 0.1) is 17.2 Å². The van der Waals surface area contributed by atoms with Gasteiger partial charge in [0.15, 0.2) is 10.7 Å². The predicted molar refractivity (Wildman–Crippen MR) is 163 cm³/mol. The summed E-state index contributed by atoms with van der Waals surface area (Å²) in [7, 11) is 0. The number of amides is 2. The van der Waals surface area contributed by atoms with Crippen molar-refractivity contribution >= 4 is 40.4 Å². The van der Waals surface area contributed by atoms with Gasteiger partial charge in [-0.15, -0.1) is 11.3 Å². The molecule has 2 N–H and O–H groups in total. The SMILES string of the molecule is N#CCC1(N2CC=C(c3cc(NC(=O)C4CC4)nc4c3CCN4)CC2)CN(C2CCN(C(=O)c3nc(C(F)(F)F)cs3)CC2)C1. The zero-order valence-electron chi connectivity index (χ0n) is 24.8. The van der Waals surface area contributed by atoms with Crippen LogP contribution in [0.15, 0.2) is 17.5 Å². The van der Waals surface area contributed by atoms with Gasteiger partial charge in [0, 0.05) is 68.7 Å². The average Bonchev–Trinajstić information content (AvgIpc) is 3.54. The van der Waals surface area contributed by atoms with E-state index in [1.165, 1.54) is 11.1 Å². The van der Waals surface area contributed by atoms with E-state index in [0.717, 1.165) is 99.3 Å². The van der Waals surface area contributed by atoms with E-state index < -0.39 is 17.8 Å². The number of aromatic nitrogens is 2. The van der Waals surface area contributed by atoms with E-state index in [1.807, 2.05) is 6.07 Å². The predicted octanol–water partition coefficient (Wildman–Crippen LogP) is 4.24. The van der Waals surface area contributed by atoms with Gasteiger partial charge in [-0.1, -0.05) is 6.08 Å². The number of thiazole rings is 1. The molecule has 0 unspecified atom stereocenters. The Hall–Kier alpha value is -3.54. The smallest absolute Gasteiger partial charge is 0.369 e. The number of anilines is 2. The van der Waals surface area contributed by atoms with Gasteiger partial charge in [0.05, 0.1) is 18.0 Å². The Labute approximate surface area is 263 Å². The van der Waals surface area contributed by atoms with Crippen LogP contribution < -0.4 is 10.6 Å². The number of nitrogens with zero attached hydrogens (tertiary/aromatic N) is 6. The van der Waals surface area contributed by atoms with Gasteiger partial charge in [0.25, 0.3) is 5.91 Å². The minimum Gasteiger partial charge on any atom is -0.369 e. The molecule has 14 heteroatoms. The minimum atomic E-state index is -4.56. The van der Waals surface area contributed by atoms with Gasteiger partial charge in [-0.2, -0.15) is 18.4 Å². The first-order chi connectivity index (χ1) is 21.6. The molecule has 0 bridgehead atoms. The molecule has 2 aromatic heterocycles. The topological polar surface area (TPSA) is 117 Å². The Bertz CT molecular complexity index is 1570. The molecule has 6 heterocycles. The van der Waals surface area contributed by atoms with Crippen LogP contribution in [-0.4, -0.2) is 93.9 Å². The van der Waals surface area contributed by atoms with Crippen molar-refractivity contribution in [1.29, 1.82) is 5.26 Å². The number of pyridine rings is 1. The third-order valence-corrected chi connectivity index (χ3v) is 10.7. The molecule has 10 nitrogen and oxygen atoms in total. The van der Waals surface area contributed by atoms with Gasteiger partial charge in [0.2, 0.25) is 5.91 Å². The fraction of sp³-hybridized carbons (Fsp3) is 0.581. The van der Waals surface area contributed by atoms with Crippen molar-refractivity contribution in [3.05, 3.63) is 39.4 Å². The first kappa shape index (κ1) is 30.1. The zero-order chi connectivity index (χ0) is 31.3. The summed E-state index contributed by atoms with van der Waals surface area (Å²) in [5.74, 6) is 1.15. The van der Waals surface area contributed by atoms with E-state index in [9.17, 15) is 28.0 Å². The van der Waals surface area contributed by atoms with Crippen LogP contribution >= 0.6 is 11.3 Å². The number of carbonyl (C=O) groups is 2. The van der Waals surface area contributed by atoms with E-state index in [-0.39, 0.29) is 28.4 Å². The molecule has 7 rings (SSSR count). The molecule has 0 aromatic carbocycles. The molecule has 2 saturated heterocycles. The Kier molecular flexibility index (Phi) is 7.82. The Balaban J connectivity index is 0.969. The van der Waals surface area contributed by atoms with Gasteiger partial charge >= 0.3 is 6.18 Å². The first-order valence-electron chi connectivity index (χ1n) is 15.6. The lowest BCUT2D eigenvalue weighted by Crippen LogP contribution is -2.72. The second-order valence-electron chi connectivity index (χ2n) is 12.8. The summed E-state index contributed by atoms with van der Waals surface area (Å²) in [6, 6.07) is 4.69. The second kappa shape index (κ2) is 11.7. The van der Waals surface area contributed by atoms with Crippen LogP contribution in [0.5, 0.6) is 0 Å². The van der Waals surface area contributed by atoms with Crippen molar-refractivity contribution in [3.63, 3.8) is 0 Å². The van der Waals surface area contributed by atoms with E-state index >= 15 is 0 Å². The number of alkyl halides is 3. The molecule has 3 fully saturated rings. The van der Waals surface area contributed by atoms with Gasteiger partial charge in [-0.25, -0.2) is 9.97 Å². The summed E-state index contributed by atoms with van der Waals surface area (Å²) in [6.45, 7) is 4.88. The number of rotatable bonds is 7. The van der Waals surface area contributed by atoms with Crippen LogP contribution in [0.25, 0.3) is 5.57 Å². The van der Waals surface area contributed by atoms with Crippen LogP contribution in [-0.2, 0) is 17.4 Å². The largest absolute Gasteiger partial charge is 0.434 e. The molecular weight excluding hydrogens is 605 g/mol. The maximum atomic E-state index is 12.9. The van der Waals surface area contributed by atoms with Crippen molar-refractivity contribution in [2.45, 2.75) is 62.7 Å². The van der Waals surface area contributed by atoms with Gasteiger partial charge in [-0.3, -0.25) is 19.4 Å². The first-order valence-corrected chi connectivity index (χ1v) is 16.5. The zero-order valence-corrected chi connectivity index (χ0v) is 25.6. The molecule has 5 aliphatic rings. The van der Waals surface area contributed by atoms with E-state index in [4.69, 9.17) is 0 Å². The summed E-state index contributed by atoms with van der Waals surface area (Å²) >= 11 is 0.736. The average molecular weight is 641 g/mol. The molecule has 1 aliphatic carbocycles. The fourth-order valence-electron chi connectivity index (χ4n) is 7.16. The molecule has 2 amide bonds. The highest BCUT2D eigenvalue weighted by Crippen LogP contribution is 2.40. The number of hydrogen-bond acceptors (Lipinski definition) is 9. The number of nitriles is 1. The quantitative estimate of drug-likeness (QED) is 0.462. The third-order valence-electron chi connectivity index (χ3n) is 9.87. The highest BCUT2D eigenvalue weighted by molar-refractivity contribution is 7.11. The monoisotopic (exact) mass is 640 g/mol. The molecule has 0 radical (unpaired) electrons. The van der Waals surface area contributed by atoms with E-state index in [1.54, 1.807) is 4.90 Å². The fourth-order valence-corrected chi connectivity index (χ4v) is 7.95. The lowest BCUT2D eigenvalue weighted by Gasteiger charge is -2.58. The number of halogens is 3. The molecule has 2 aromatic rings. The van der Waals surface area contributed by atoms with Crippen molar-refractivity contribution in [2.24, 2.45) is 5.92 Å². The molecule has 238 valence electrons. The lowest BCUT2D eigenvalue weighted by atomic mass is 9.80. The number of likely N-dealkylation sites (tertiary alicyclic amines) is 2. The third kappa shape index (κ3) is 5.93. The minimum absolute atomic E-state index is 0.0412. The van der Waals surface area contributed by atoms with Crippen LogP contribution in [0.1, 0.15) is 65.1 Å². The van der Waals surface area contributed by atoms with Crippen molar-refractivity contribution in [1.82, 2.24) is 24.7 Å². The number of nitrogens with one attached hydrogen (secondary N) is 2. The summed E-state index contributed by atoms with van der Waals surface area (Å²) < 4.78 is 38.8. The van der Waals surface area contributed by atoms with Crippen LogP contribution in [0.4, 0.5) is 24.8 Å². The van der Waals surface area contributed by atoms with Crippen molar-refractivity contribution in [2.75, 3.05) is 56.4 Å². The maximum Gasteiger partial charge on any atom is 0.434 e. The molecular formula is C31H35F3N8O2S. The van der Waals surface area contributed by atoms with Crippen molar-refractivity contribution < 1.29 is 22.8 Å². The van der Waals surface area contributed by atoms with Gasteiger partial charge < -0.3 is 15.5 Å². The Morgan fingerprint density at radius 2 is 1.91 bits per heavy atom. The van der Waals surface area contributed by atoms with E-state index in [2.05, 4.69) is 42.5 Å². The second-order valence-corrected chi connectivity index (χ2v) is 13.6. The van der Waals surface area contributed by atoms with Gasteiger partial charge in [-0.05, 0) is 55.7 Å². The van der Waals surface area contributed by atoms with E-state index in [0.29, 0.717) is 25.3 Å². The summed E-state index contributed by atoms with van der Waals surface area (Å²) in [5.41, 5.74) is 2.33. The van der Waals surface area contributed by atoms with Crippen molar-refractivity contribution in [3.8, 4) is 6.07 Å². The summed E-state index contributed by atoms with van der Waals surface area (Å²) in [5, 5.41) is 16.9. The number of fused-ring (bicyclic) bond motifs is 1. The molecule has 0 spiro atoms. The lowest BCUT2D eigenvalue weighted by molar-refractivity contribution is -0.140. The molecule has 0 atom stereocenters. The van der Waals surface area contributed by atoms with Crippen LogP contribution in [0.3, 0.4) is 0 Å². The maximum absolute atomic E-state index is 12.9. The Morgan fingerprint density at radius 1 is 1.13 bits per heavy atom. The number of piperidine rings is 1. The summed E-state index contributed by atoms with van der Waals surface area (Å²) in [6.07, 6.45) is 3.21. The highest BCUT2D eigenvalue weighted by Gasteiger charge is 2.50. The molecule has 1 saturated carbocycles. The highest BCUT2D eigenvalue weighted by atomic mass is 32.1. The number of hydrogen-bond donors (Lipinski definition) is 2. The molecule has 45 heavy (non-hydrogen) atoms. The summed E-state index contributed by atoms with van der Waals surface area (Å²) in [4.78, 5) is 39.8. The van der Waals surface area contributed by atoms with Crippen LogP contribution in [0.2, 0.25) is 0 Å².